The van der Waals surface area contributed by atoms with Crippen molar-refractivity contribution in [1.82, 2.24) is 0 Å². The van der Waals surface area contributed by atoms with E-state index in [9.17, 15) is 4.79 Å². The zero-order valence-electron chi connectivity index (χ0n) is 11.1. The molecule has 0 spiro atoms. The summed E-state index contributed by atoms with van der Waals surface area (Å²) >= 11 is 3.43. The van der Waals surface area contributed by atoms with Gasteiger partial charge in [0, 0.05) is 10.0 Å². The lowest BCUT2D eigenvalue weighted by Crippen LogP contribution is -1.96. The first-order valence-corrected chi connectivity index (χ1v) is 7.07. The Kier molecular flexibility index (Phi) is 5.30. The Balaban J connectivity index is 2.07. The van der Waals surface area contributed by atoms with Gasteiger partial charge in [-0.15, -0.1) is 0 Å². The SMILES string of the molecule is N#CCOc1ccc(C(=O)C=Cc2ccccc2Br)cc1. The van der Waals surface area contributed by atoms with Crippen LogP contribution in [0.3, 0.4) is 0 Å². The zero-order chi connectivity index (χ0) is 15.1. The molecule has 2 aromatic carbocycles. The van der Waals surface area contributed by atoms with E-state index in [2.05, 4.69) is 15.9 Å². The largest absolute Gasteiger partial charge is 0.479 e. The second kappa shape index (κ2) is 7.41. The molecule has 2 aromatic rings. The van der Waals surface area contributed by atoms with E-state index in [0.29, 0.717) is 11.3 Å². The van der Waals surface area contributed by atoms with Crippen molar-refractivity contribution >= 4 is 27.8 Å². The van der Waals surface area contributed by atoms with Crippen molar-refractivity contribution < 1.29 is 9.53 Å². The van der Waals surface area contributed by atoms with Gasteiger partial charge in [0.2, 0.25) is 0 Å². The number of allylic oxidation sites excluding steroid dienone is 1. The van der Waals surface area contributed by atoms with Crippen molar-refractivity contribution in [3.05, 3.63) is 70.2 Å². The van der Waals surface area contributed by atoms with E-state index in [4.69, 9.17) is 10.00 Å². The third-order valence-corrected chi connectivity index (χ3v) is 3.48. The van der Waals surface area contributed by atoms with Gasteiger partial charge in [0.05, 0.1) is 0 Å². The fraction of sp³-hybridized carbons (Fsp3) is 0.0588. The van der Waals surface area contributed by atoms with Gasteiger partial charge in [0.15, 0.2) is 12.4 Å². The molecule has 0 aromatic heterocycles. The fourth-order valence-corrected chi connectivity index (χ4v) is 2.12. The van der Waals surface area contributed by atoms with E-state index in [1.54, 1.807) is 30.3 Å². The molecular formula is C17H12BrNO2. The molecule has 0 heterocycles. The minimum absolute atomic E-state index is 0.00473. The Hall–Kier alpha value is -2.38. The highest BCUT2D eigenvalue weighted by Gasteiger charge is 2.03. The highest BCUT2D eigenvalue weighted by molar-refractivity contribution is 9.10. The summed E-state index contributed by atoms with van der Waals surface area (Å²) in [4.78, 5) is 12.1. The van der Waals surface area contributed by atoms with E-state index in [-0.39, 0.29) is 12.4 Å². The van der Waals surface area contributed by atoms with Crippen molar-refractivity contribution in [2.75, 3.05) is 6.61 Å². The van der Waals surface area contributed by atoms with E-state index >= 15 is 0 Å². The highest BCUT2D eigenvalue weighted by Crippen LogP contribution is 2.18. The van der Waals surface area contributed by atoms with Crippen molar-refractivity contribution in [2.24, 2.45) is 0 Å². The topological polar surface area (TPSA) is 50.1 Å². The molecule has 0 bridgehead atoms. The number of carbonyl (C=O) groups excluding carboxylic acids is 1. The molecule has 2 rings (SSSR count). The summed E-state index contributed by atoms with van der Waals surface area (Å²) in [6, 6.07) is 16.3. The second-order valence-corrected chi connectivity index (χ2v) is 5.04. The standard InChI is InChI=1S/C17H12BrNO2/c18-16-4-2-1-3-13(16)7-10-17(20)14-5-8-15(9-6-14)21-12-11-19/h1-10H,12H2. The van der Waals surface area contributed by atoms with Gasteiger partial charge in [-0.05, 0) is 48.0 Å². The van der Waals surface area contributed by atoms with Crippen molar-refractivity contribution in [3.8, 4) is 11.8 Å². The third-order valence-electron chi connectivity index (χ3n) is 2.76. The van der Waals surface area contributed by atoms with Crippen LogP contribution in [0.15, 0.2) is 59.1 Å². The molecule has 0 saturated heterocycles. The summed E-state index contributed by atoms with van der Waals surface area (Å²) in [5.74, 6) is 0.487. The Morgan fingerprint density at radius 3 is 2.57 bits per heavy atom. The van der Waals surface area contributed by atoms with Crippen LogP contribution in [0.2, 0.25) is 0 Å². The lowest BCUT2D eigenvalue weighted by atomic mass is 10.1. The van der Waals surface area contributed by atoms with Crippen LogP contribution in [0, 0.1) is 11.3 Å². The molecule has 0 N–H and O–H groups in total. The number of ether oxygens (including phenoxy) is 1. The maximum Gasteiger partial charge on any atom is 0.185 e. The monoisotopic (exact) mass is 341 g/mol. The molecule has 0 atom stereocenters. The predicted octanol–water partition coefficient (Wildman–Crippen LogP) is 4.25. The molecule has 3 nitrogen and oxygen atoms in total. The minimum atomic E-state index is -0.0856. The van der Waals surface area contributed by atoms with Crippen molar-refractivity contribution in [3.63, 3.8) is 0 Å². The van der Waals surface area contributed by atoms with E-state index in [1.165, 1.54) is 6.08 Å². The molecule has 4 heteroatoms. The van der Waals surface area contributed by atoms with Gasteiger partial charge in [0.25, 0.3) is 0 Å². The number of benzene rings is 2. The van der Waals surface area contributed by atoms with Crippen LogP contribution in [0.25, 0.3) is 6.08 Å². The Morgan fingerprint density at radius 1 is 1.19 bits per heavy atom. The van der Waals surface area contributed by atoms with Crippen molar-refractivity contribution in [2.45, 2.75) is 0 Å². The van der Waals surface area contributed by atoms with E-state index < -0.39 is 0 Å². The number of hydrogen-bond donors (Lipinski definition) is 0. The molecule has 0 aliphatic carbocycles. The predicted molar refractivity (Wildman–Crippen MR) is 85.1 cm³/mol. The molecule has 0 aliphatic heterocycles. The number of hydrogen-bond acceptors (Lipinski definition) is 3. The van der Waals surface area contributed by atoms with Crippen LogP contribution in [0.5, 0.6) is 5.75 Å². The first-order valence-electron chi connectivity index (χ1n) is 6.27. The molecule has 0 unspecified atom stereocenters. The van der Waals surface area contributed by atoms with Gasteiger partial charge in [-0.1, -0.05) is 34.1 Å². The third kappa shape index (κ3) is 4.30. The number of carbonyl (C=O) groups is 1. The molecule has 0 aliphatic rings. The quantitative estimate of drug-likeness (QED) is 0.603. The summed E-state index contributed by atoms with van der Waals surface area (Å²) in [7, 11) is 0. The first kappa shape index (κ1) is 15.0. The number of rotatable bonds is 5. The normalized spacial score (nSPS) is 10.3. The summed E-state index contributed by atoms with van der Waals surface area (Å²) < 4.78 is 6.08. The van der Waals surface area contributed by atoms with Gasteiger partial charge in [-0.3, -0.25) is 4.79 Å². The molecule has 21 heavy (non-hydrogen) atoms. The maximum absolute atomic E-state index is 12.1. The van der Waals surface area contributed by atoms with E-state index in [0.717, 1.165) is 10.0 Å². The average molecular weight is 342 g/mol. The smallest absolute Gasteiger partial charge is 0.185 e. The number of nitrogens with zero attached hydrogens (tertiary/aromatic N) is 1. The molecule has 0 radical (unpaired) electrons. The molecule has 0 fully saturated rings. The summed E-state index contributed by atoms with van der Waals surface area (Å²) in [5, 5.41) is 8.43. The van der Waals surface area contributed by atoms with E-state index in [1.807, 2.05) is 30.3 Å². The van der Waals surface area contributed by atoms with Gasteiger partial charge in [-0.2, -0.15) is 5.26 Å². The molecule has 0 amide bonds. The molecule has 104 valence electrons. The molecule has 0 saturated carbocycles. The number of ketones is 1. The number of nitriles is 1. The van der Waals surface area contributed by atoms with Gasteiger partial charge < -0.3 is 4.74 Å². The highest BCUT2D eigenvalue weighted by atomic mass is 79.9. The van der Waals surface area contributed by atoms with Gasteiger partial charge in [0.1, 0.15) is 11.8 Å². The van der Waals surface area contributed by atoms with Crippen LogP contribution in [-0.4, -0.2) is 12.4 Å². The van der Waals surface area contributed by atoms with Gasteiger partial charge in [-0.25, -0.2) is 0 Å². The maximum atomic E-state index is 12.1. The molecular weight excluding hydrogens is 330 g/mol. The lowest BCUT2D eigenvalue weighted by molar-refractivity contribution is 0.104. The van der Waals surface area contributed by atoms with Crippen LogP contribution in [0.1, 0.15) is 15.9 Å². The van der Waals surface area contributed by atoms with Crippen molar-refractivity contribution in [1.29, 1.82) is 5.26 Å². The lowest BCUT2D eigenvalue weighted by Gasteiger charge is -2.02. The van der Waals surface area contributed by atoms with Crippen LogP contribution < -0.4 is 4.74 Å². The zero-order valence-corrected chi connectivity index (χ0v) is 12.7. The Labute approximate surface area is 131 Å². The average Bonchev–Trinajstić information content (AvgIpc) is 2.52. The summed E-state index contributed by atoms with van der Waals surface area (Å²) in [6.07, 6.45) is 3.30. The Morgan fingerprint density at radius 2 is 1.90 bits per heavy atom. The minimum Gasteiger partial charge on any atom is -0.479 e. The van der Waals surface area contributed by atoms with Crippen LogP contribution in [-0.2, 0) is 0 Å². The first-order chi connectivity index (χ1) is 10.2. The summed E-state index contributed by atoms with van der Waals surface area (Å²) in [6.45, 7) is -0.00473. The Bertz CT molecular complexity index is 699. The number of halogens is 1. The van der Waals surface area contributed by atoms with Crippen LogP contribution >= 0.6 is 15.9 Å². The fourth-order valence-electron chi connectivity index (χ4n) is 1.70. The van der Waals surface area contributed by atoms with Gasteiger partial charge >= 0.3 is 0 Å². The summed E-state index contributed by atoms with van der Waals surface area (Å²) in [5.41, 5.74) is 1.52. The second-order valence-electron chi connectivity index (χ2n) is 4.19. The van der Waals surface area contributed by atoms with Crippen LogP contribution in [0.4, 0.5) is 0 Å².